The van der Waals surface area contributed by atoms with Crippen LogP contribution < -0.4 is 14.5 Å². The summed E-state index contributed by atoms with van der Waals surface area (Å²) in [6.45, 7) is 1.41. The summed E-state index contributed by atoms with van der Waals surface area (Å²) < 4.78 is 134. The van der Waals surface area contributed by atoms with E-state index >= 15 is 0 Å². The molecule has 49 heavy (non-hydrogen) atoms. The molecule has 0 saturated heterocycles. The quantitative estimate of drug-likeness (QED) is 0.111. The van der Waals surface area contributed by atoms with Gasteiger partial charge in [-0.15, -0.1) is 0 Å². The number of aromatic nitrogens is 2. The number of nitrogens with zero attached hydrogens (tertiary/aromatic N) is 4. The summed E-state index contributed by atoms with van der Waals surface area (Å²) in [6.07, 6.45) is -14.0. The molecule has 3 aromatic rings. The Morgan fingerprint density at radius 2 is 1.39 bits per heavy atom. The molecule has 3 rings (SSSR count). The van der Waals surface area contributed by atoms with Crippen molar-refractivity contribution in [2.45, 2.75) is 58.3 Å². The Labute approximate surface area is 296 Å². The molecular formula is C30H30F9N4NaO5. The topological polar surface area (TPSA) is 105 Å². The summed E-state index contributed by atoms with van der Waals surface area (Å²) in [5, 5.41) is 8.76. The number of carboxylic acid groups (broad SMARTS) is 1. The number of carbonyl (C=O) groups is 2. The second kappa shape index (κ2) is 17.2. The summed E-state index contributed by atoms with van der Waals surface area (Å²) >= 11 is 0. The van der Waals surface area contributed by atoms with Gasteiger partial charge in [0.25, 0.3) is 0 Å². The van der Waals surface area contributed by atoms with Crippen molar-refractivity contribution in [3.8, 4) is 5.75 Å². The monoisotopic (exact) mass is 720 g/mol. The van der Waals surface area contributed by atoms with Crippen molar-refractivity contribution in [2.24, 2.45) is 0 Å². The van der Waals surface area contributed by atoms with Crippen LogP contribution in [-0.4, -0.2) is 76.5 Å². The molecule has 19 heteroatoms. The number of halogens is 9. The van der Waals surface area contributed by atoms with Crippen molar-refractivity contribution < 1.29 is 63.7 Å². The van der Waals surface area contributed by atoms with E-state index in [9.17, 15) is 49.1 Å². The minimum atomic E-state index is -5.17. The predicted octanol–water partition coefficient (Wildman–Crippen LogP) is 7.32. The maximum atomic E-state index is 13.8. The van der Waals surface area contributed by atoms with Crippen LogP contribution in [0.25, 0.3) is 0 Å². The van der Waals surface area contributed by atoms with Crippen molar-refractivity contribution in [3.63, 3.8) is 0 Å². The average molecular weight is 721 g/mol. The fourth-order valence-electron chi connectivity index (χ4n) is 4.45. The Hall–Kier alpha value is -3.77. The molecule has 0 aliphatic carbocycles. The maximum absolute atomic E-state index is 13.8. The van der Waals surface area contributed by atoms with E-state index in [1.807, 2.05) is 0 Å². The van der Waals surface area contributed by atoms with E-state index in [2.05, 4.69) is 9.97 Å². The molecule has 0 aliphatic rings. The van der Waals surface area contributed by atoms with Gasteiger partial charge in [-0.05, 0) is 67.8 Å². The molecule has 0 atom stereocenters. The second-order valence-corrected chi connectivity index (χ2v) is 10.1. The number of aliphatic carboxylic acids is 1. The number of hydrogen-bond acceptors (Lipinski definition) is 7. The van der Waals surface area contributed by atoms with Gasteiger partial charge in [-0.25, -0.2) is 14.8 Å². The van der Waals surface area contributed by atoms with Crippen LogP contribution in [-0.2, 0) is 41.1 Å². The van der Waals surface area contributed by atoms with Crippen LogP contribution in [0.5, 0.6) is 5.75 Å². The molecule has 1 amide bonds. The number of alkyl halides is 9. The number of hydrogen-bond donors (Lipinski definition) is 1. The number of carboxylic acids is 1. The molecule has 1 N–H and O–H groups in total. The zero-order valence-electron chi connectivity index (χ0n) is 25.3. The summed E-state index contributed by atoms with van der Waals surface area (Å²) in [7, 11) is 0. The number of ether oxygens (including phenoxy) is 2. The number of benzene rings is 2. The van der Waals surface area contributed by atoms with Crippen LogP contribution >= 0.6 is 0 Å². The zero-order chi connectivity index (χ0) is 35.9. The van der Waals surface area contributed by atoms with E-state index < -0.39 is 65.9 Å². The van der Waals surface area contributed by atoms with E-state index in [1.165, 1.54) is 13.8 Å². The van der Waals surface area contributed by atoms with E-state index in [1.54, 1.807) is 0 Å². The minimum absolute atomic E-state index is 0. The Kier molecular flexibility index (Phi) is 14.6. The van der Waals surface area contributed by atoms with Crippen LogP contribution in [0.1, 0.15) is 54.5 Å². The van der Waals surface area contributed by atoms with Gasteiger partial charge in [0.2, 0.25) is 5.95 Å². The first kappa shape index (κ1) is 41.4. The number of carbonyl (C=O) groups excluding carboxylic acids is 1. The normalized spacial score (nSPS) is 11.8. The second-order valence-electron chi connectivity index (χ2n) is 10.1. The molecule has 0 radical (unpaired) electrons. The van der Waals surface area contributed by atoms with Crippen LogP contribution in [0.15, 0.2) is 48.8 Å². The van der Waals surface area contributed by atoms with Gasteiger partial charge in [0.15, 0.2) is 5.75 Å². The van der Waals surface area contributed by atoms with Gasteiger partial charge >= 0.3 is 60.1 Å². The van der Waals surface area contributed by atoms with E-state index in [4.69, 9.17) is 14.6 Å². The molecule has 0 aliphatic heterocycles. The first-order chi connectivity index (χ1) is 22.3. The van der Waals surface area contributed by atoms with Crippen molar-refractivity contribution in [1.29, 1.82) is 0 Å². The summed E-state index contributed by atoms with van der Waals surface area (Å²) in [4.78, 5) is 33.6. The SMILES string of the molecule is CCOC(=O)N(CC)c1ccc(C(F)(F)F)cc1CN(Cc1cc(C(F)(F)F)cc(C(F)(F)F)c1)c1ncc(OCCCC(=O)O)cn1.[NaH]. The van der Waals surface area contributed by atoms with Crippen LogP contribution in [0.4, 0.5) is 55.9 Å². The Morgan fingerprint density at radius 1 is 0.816 bits per heavy atom. The molecule has 9 nitrogen and oxygen atoms in total. The predicted molar refractivity (Wildman–Crippen MR) is 159 cm³/mol. The number of anilines is 2. The third-order valence-corrected chi connectivity index (χ3v) is 6.59. The molecule has 1 aromatic heterocycles. The van der Waals surface area contributed by atoms with Gasteiger partial charge in [-0.2, -0.15) is 39.5 Å². The van der Waals surface area contributed by atoms with Gasteiger partial charge in [-0.3, -0.25) is 9.69 Å². The van der Waals surface area contributed by atoms with Crippen molar-refractivity contribution >= 4 is 53.3 Å². The Balaban J connectivity index is 0.00000833. The van der Waals surface area contributed by atoms with Crippen molar-refractivity contribution in [2.75, 3.05) is 29.6 Å². The molecule has 0 saturated carbocycles. The number of amides is 1. The van der Waals surface area contributed by atoms with Gasteiger partial charge < -0.3 is 19.5 Å². The van der Waals surface area contributed by atoms with Crippen LogP contribution in [0.3, 0.4) is 0 Å². The number of rotatable bonds is 13. The van der Waals surface area contributed by atoms with E-state index in [-0.39, 0.29) is 91.2 Å². The first-order valence-electron chi connectivity index (χ1n) is 14.2. The fourth-order valence-corrected chi connectivity index (χ4v) is 4.45. The first-order valence-corrected chi connectivity index (χ1v) is 14.2. The molecular weight excluding hydrogens is 690 g/mol. The van der Waals surface area contributed by atoms with Gasteiger partial charge in [0.05, 0.1) is 48.0 Å². The van der Waals surface area contributed by atoms with Gasteiger partial charge in [0.1, 0.15) is 0 Å². The Bertz CT molecular complexity index is 1540. The molecule has 0 spiro atoms. The fraction of sp³-hybridized carbons (Fsp3) is 0.400. The summed E-state index contributed by atoms with van der Waals surface area (Å²) in [6, 6.07) is 3.26. The van der Waals surface area contributed by atoms with Crippen molar-refractivity contribution in [1.82, 2.24) is 9.97 Å². The third kappa shape index (κ3) is 12.0. The molecule has 0 bridgehead atoms. The molecule has 0 fully saturated rings. The molecule has 2 aromatic carbocycles. The Morgan fingerprint density at radius 3 is 1.88 bits per heavy atom. The zero-order valence-corrected chi connectivity index (χ0v) is 25.3. The average Bonchev–Trinajstić information content (AvgIpc) is 2.99. The van der Waals surface area contributed by atoms with Crippen LogP contribution in [0.2, 0.25) is 0 Å². The van der Waals surface area contributed by atoms with Gasteiger partial charge in [-0.1, -0.05) is 0 Å². The van der Waals surface area contributed by atoms with Crippen LogP contribution in [0, 0.1) is 0 Å². The van der Waals surface area contributed by atoms with E-state index in [0.29, 0.717) is 24.3 Å². The third-order valence-electron chi connectivity index (χ3n) is 6.59. The van der Waals surface area contributed by atoms with Gasteiger partial charge in [0, 0.05) is 26.1 Å². The summed E-state index contributed by atoms with van der Waals surface area (Å²) in [5.41, 5.74) is -5.19. The molecule has 264 valence electrons. The van der Waals surface area contributed by atoms with Crippen molar-refractivity contribution in [3.05, 3.63) is 76.6 Å². The molecule has 1 heterocycles. The standard InChI is InChI=1S/C30H29F9N4O5.Na.H/c1-3-43(27(46)47-4-2)24-8-7-20(28(31,32)33)12-19(24)17-42(26-40-14-23(15-41-26)48-9-5-6-25(44)45)16-18-10-21(29(34,35)36)13-22(11-18)30(37,38)39;;/h7-8,10-15H,3-6,9,16-17H2,1-2H3,(H,44,45);;. The summed E-state index contributed by atoms with van der Waals surface area (Å²) in [5.74, 6) is -1.37. The van der Waals surface area contributed by atoms with E-state index in [0.717, 1.165) is 28.3 Å². The molecule has 0 unspecified atom stereocenters.